The van der Waals surface area contributed by atoms with Gasteiger partial charge in [0.05, 0.1) is 16.7 Å². The summed E-state index contributed by atoms with van der Waals surface area (Å²) in [6.45, 7) is 6.18. The summed E-state index contributed by atoms with van der Waals surface area (Å²) < 4.78 is 0. The predicted octanol–water partition coefficient (Wildman–Crippen LogP) is 3.22. The largest absolute Gasteiger partial charge is 0.363 e. The molecule has 6 heteroatoms. The Balaban J connectivity index is 2.08. The van der Waals surface area contributed by atoms with Gasteiger partial charge in [-0.05, 0) is 19.1 Å². The number of thiazole rings is 1. The van der Waals surface area contributed by atoms with Crippen molar-refractivity contribution in [1.82, 2.24) is 15.3 Å². The Morgan fingerprint density at radius 3 is 2.64 bits per heavy atom. The zero-order chi connectivity index (χ0) is 16.3. The molecular formula is C16H22N4OS. The molecule has 1 unspecified atom stereocenters. The van der Waals surface area contributed by atoms with Crippen molar-refractivity contribution in [3.05, 3.63) is 40.0 Å². The normalized spacial score (nSPS) is 12.3. The van der Waals surface area contributed by atoms with Crippen LogP contribution < -0.4 is 10.2 Å². The maximum atomic E-state index is 12.4. The molecule has 1 atom stereocenters. The lowest BCUT2D eigenvalue weighted by Crippen LogP contribution is -2.27. The number of nitrogens with zero attached hydrogens (tertiary/aromatic N) is 3. The zero-order valence-corrected chi connectivity index (χ0v) is 14.4. The highest BCUT2D eigenvalue weighted by Gasteiger charge is 2.16. The molecule has 0 aliphatic carbocycles. The second kappa shape index (κ2) is 6.87. The van der Waals surface area contributed by atoms with Gasteiger partial charge < -0.3 is 10.2 Å². The van der Waals surface area contributed by atoms with Crippen molar-refractivity contribution in [3.63, 3.8) is 0 Å². The van der Waals surface area contributed by atoms with Crippen LogP contribution >= 0.6 is 11.3 Å². The van der Waals surface area contributed by atoms with Gasteiger partial charge in [0.2, 0.25) is 0 Å². The van der Waals surface area contributed by atoms with Gasteiger partial charge in [0.25, 0.3) is 5.91 Å². The Bertz CT molecular complexity index is 651. The number of amides is 1. The third-order valence-corrected chi connectivity index (χ3v) is 4.45. The Hall–Kier alpha value is -1.95. The van der Waals surface area contributed by atoms with E-state index in [4.69, 9.17) is 0 Å². The fourth-order valence-electron chi connectivity index (χ4n) is 1.92. The van der Waals surface area contributed by atoms with Crippen molar-refractivity contribution in [1.29, 1.82) is 0 Å². The van der Waals surface area contributed by atoms with Crippen LogP contribution in [0.4, 0.5) is 5.82 Å². The average molecular weight is 318 g/mol. The first-order valence-electron chi connectivity index (χ1n) is 7.28. The molecule has 2 heterocycles. The van der Waals surface area contributed by atoms with Crippen LogP contribution in [0, 0.1) is 0 Å². The smallest absolute Gasteiger partial charge is 0.251 e. The maximum Gasteiger partial charge on any atom is 0.251 e. The highest BCUT2D eigenvalue weighted by Crippen LogP contribution is 2.23. The van der Waals surface area contributed by atoms with Gasteiger partial charge in [-0.25, -0.2) is 9.97 Å². The fraction of sp³-hybridized carbons (Fsp3) is 0.438. The van der Waals surface area contributed by atoms with E-state index in [-0.39, 0.29) is 11.9 Å². The summed E-state index contributed by atoms with van der Waals surface area (Å²) >= 11 is 1.64. The van der Waals surface area contributed by atoms with Gasteiger partial charge in [-0.1, -0.05) is 13.8 Å². The van der Waals surface area contributed by atoms with E-state index in [0.29, 0.717) is 11.5 Å². The van der Waals surface area contributed by atoms with Crippen LogP contribution in [0.5, 0.6) is 0 Å². The third kappa shape index (κ3) is 3.82. The molecule has 1 N–H and O–H groups in total. The van der Waals surface area contributed by atoms with Crippen LogP contribution in [0.3, 0.4) is 0 Å². The summed E-state index contributed by atoms with van der Waals surface area (Å²) in [6.07, 6.45) is 1.65. The Labute approximate surface area is 135 Å². The highest BCUT2D eigenvalue weighted by atomic mass is 32.1. The van der Waals surface area contributed by atoms with E-state index >= 15 is 0 Å². The van der Waals surface area contributed by atoms with Gasteiger partial charge in [0.1, 0.15) is 5.82 Å². The lowest BCUT2D eigenvalue weighted by Gasteiger charge is -2.14. The molecule has 118 valence electrons. The molecule has 0 saturated heterocycles. The fourth-order valence-corrected chi connectivity index (χ4v) is 2.85. The molecule has 0 saturated carbocycles. The quantitative estimate of drug-likeness (QED) is 0.919. The van der Waals surface area contributed by atoms with Crippen molar-refractivity contribution < 1.29 is 4.79 Å². The van der Waals surface area contributed by atoms with Gasteiger partial charge in [-0.2, -0.15) is 0 Å². The van der Waals surface area contributed by atoms with Crippen molar-refractivity contribution >= 4 is 23.1 Å². The summed E-state index contributed by atoms with van der Waals surface area (Å²) in [5.74, 6) is 1.05. The van der Waals surface area contributed by atoms with E-state index in [0.717, 1.165) is 16.5 Å². The molecule has 0 aromatic carbocycles. The summed E-state index contributed by atoms with van der Waals surface area (Å²) in [5, 5.41) is 6.09. The number of nitrogens with one attached hydrogen (secondary N) is 1. The SMILES string of the molecule is CC(C)c1nc(C(C)NC(=O)c2ccnc(N(C)C)c2)cs1. The first-order chi connectivity index (χ1) is 10.4. The molecule has 0 radical (unpaired) electrons. The topological polar surface area (TPSA) is 58.1 Å². The number of rotatable bonds is 5. The van der Waals surface area contributed by atoms with Crippen molar-refractivity contribution in [3.8, 4) is 0 Å². The van der Waals surface area contributed by atoms with E-state index in [1.807, 2.05) is 31.3 Å². The van der Waals surface area contributed by atoms with E-state index in [1.165, 1.54) is 0 Å². The maximum absolute atomic E-state index is 12.4. The second-order valence-corrected chi connectivity index (χ2v) is 6.65. The molecular weight excluding hydrogens is 296 g/mol. The van der Waals surface area contributed by atoms with Gasteiger partial charge >= 0.3 is 0 Å². The summed E-state index contributed by atoms with van der Waals surface area (Å²) in [4.78, 5) is 23.0. The molecule has 0 aliphatic heterocycles. The minimum Gasteiger partial charge on any atom is -0.363 e. The lowest BCUT2D eigenvalue weighted by molar-refractivity contribution is 0.0939. The predicted molar refractivity (Wildman–Crippen MR) is 90.6 cm³/mol. The number of pyridine rings is 1. The Kier molecular flexibility index (Phi) is 5.13. The second-order valence-electron chi connectivity index (χ2n) is 5.76. The highest BCUT2D eigenvalue weighted by molar-refractivity contribution is 7.09. The molecule has 2 aromatic heterocycles. The minimum absolute atomic E-state index is 0.114. The number of hydrogen-bond donors (Lipinski definition) is 1. The van der Waals surface area contributed by atoms with Gasteiger partial charge in [0.15, 0.2) is 0 Å². The van der Waals surface area contributed by atoms with Crippen molar-refractivity contribution in [2.45, 2.75) is 32.7 Å². The third-order valence-electron chi connectivity index (χ3n) is 3.29. The van der Waals surface area contributed by atoms with Crippen LogP contribution in [0.2, 0.25) is 0 Å². The van der Waals surface area contributed by atoms with E-state index in [9.17, 15) is 4.79 Å². The molecule has 0 bridgehead atoms. The van der Waals surface area contributed by atoms with E-state index in [2.05, 4.69) is 29.1 Å². The van der Waals surface area contributed by atoms with Gasteiger partial charge in [-0.15, -0.1) is 11.3 Å². The molecule has 2 aromatic rings. The van der Waals surface area contributed by atoms with Crippen molar-refractivity contribution in [2.75, 3.05) is 19.0 Å². The van der Waals surface area contributed by atoms with E-state index in [1.54, 1.807) is 29.7 Å². The van der Waals surface area contributed by atoms with Gasteiger partial charge in [-0.3, -0.25) is 4.79 Å². The number of anilines is 1. The average Bonchev–Trinajstić information content (AvgIpc) is 2.97. The monoisotopic (exact) mass is 318 g/mol. The van der Waals surface area contributed by atoms with Gasteiger partial charge in [0, 0.05) is 37.2 Å². The Morgan fingerprint density at radius 2 is 2.05 bits per heavy atom. The summed E-state index contributed by atoms with van der Waals surface area (Å²) in [7, 11) is 3.80. The Morgan fingerprint density at radius 1 is 1.32 bits per heavy atom. The van der Waals surface area contributed by atoms with Crippen LogP contribution in [-0.4, -0.2) is 30.0 Å². The molecule has 0 fully saturated rings. The van der Waals surface area contributed by atoms with E-state index < -0.39 is 0 Å². The number of aromatic nitrogens is 2. The molecule has 0 aliphatic rings. The standard InChI is InChI=1S/C16H22N4OS/c1-10(2)16-19-13(9-22-16)11(3)18-15(21)12-6-7-17-14(8-12)20(4)5/h6-11H,1-5H3,(H,18,21). The molecule has 1 amide bonds. The lowest BCUT2D eigenvalue weighted by atomic mass is 10.2. The minimum atomic E-state index is -0.118. The van der Waals surface area contributed by atoms with Crippen LogP contribution in [0.15, 0.2) is 23.7 Å². The van der Waals surface area contributed by atoms with Crippen LogP contribution in [0.25, 0.3) is 0 Å². The summed E-state index contributed by atoms with van der Waals surface area (Å²) in [6, 6.07) is 3.38. The molecule has 0 spiro atoms. The van der Waals surface area contributed by atoms with Crippen LogP contribution in [-0.2, 0) is 0 Å². The first kappa shape index (κ1) is 16.4. The number of carbonyl (C=O) groups excluding carboxylic acids is 1. The summed E-state index contributed by atoms with van der Waals surface area (Å²) in [5.41, 5.74) is 1.51. The number of carbonyl (C=O) groups is 1. The zero-order valence-electron chi connectivity index (χ0n) is 13.6. The molecule has 5 nitrogen and oxygen atoms in total. The molecule has 2 rings (SSSR count). The first-order valence-corrected chi connectivity index (χ1v) is 8.16. The van der Waals surface area contributed by atoms with Crippen LogP contribution in [0.1, 0.15) is 53.8 Å². The van der Waals surface area contributed by atoms with Crippen molar-refractivity contribution in [2.24, 2.45) is 0 Å². The number of hydrogen-bond acceptors (Lipinski definition) is 5. The molecule has 22 heavy (non-hydrogen) atoms.